The standard InChI is InChI=1S/C58H54N4/c1-35-30-48(37-18-14-11-15-19-37)60-55-53(35)58(46-24-25-47(59-54(46)55)36-16-12-10-13-17-36,40-22-28-51-44(33-40)42-31-38(56(2,3)4)20-26-49(42)61(51)8)41-23-29-52-45(34-41)43-32-39(57(5,6)7)21-27-50(43)62(52)9/h10-29,31-35H,30H2,1-9H3. The average molecular weight is 807 g/mol. The number of rotatable bonds is 4. The van der Waals surface area contributed by atoms with E-state index in [2.05, 4.69) is 217 Å². The first-order chi connectivity index (χ1) is 29.7. The Bertz CT molecular complexity index is 3220. The Hall–Kier alpha value is -6.52. The van der Waals surface area contributed by atoms with Crippen molar-refractivity contribution in [2.75, 3.05) is 0 Å². The average Bonchev–Trinajstić information content (AvgIpc) is 3.85. The molecule has 4 nitrogen and oxygen atoms in total. The molecule has 62 heavy (non-hydrogen) atoms. The third-order valence-electron chi connectivity index (χ3n) is 14.2. The number of aryl methyl sites for hydroxylation is 2. The molecule has 6 aromatic carbocycles. The fourth-order valence-electron chi connectivity index (χ4n) is 10.9. The van der Waals surface area contributed by atoms with Crippen molar-refractivity contribution in [3.05, 3.63) is 190 Å². The topological polar surface area (TPSA) is 35.1 Å². The number of benzene rings is 6. The van der Waals surface area contributed by atoms with Crippen LogP contribution in [-0.2, 0) is 30.3 Å². The Balaban J connectivity index is 1.28. The Morgan fingerprint density at radius 1 is 0.532 bits per heavy atom. The maximum absolute atomic E-state index is 5.72. The number of aromatic nitrogens is 3. The minimum Gasteiger partial charge on any atom is -0.344 e. The van der Waals surface area contributed by atoms with E-state index in [4.69, 9.17) is 9.98 Å². The van der Waals surface area contributed by atoms with Gasteiger partial charge < -0.3 is 9.13 Å². The molecule has 0 bridgehead atoms. The molecule has 0 radical (unpaired) electrons. The van der Waals surface area contributed by atoms with Gasteiger partial charge in [-0.25, -0.2) is 4.98 Å². The molecule has 4 heterocycles. The number of aliphatic imine (C=N–C) groups is 1. The molecule has 2 aliphatic rings. The van der Waals surface area contributed by atoms with E-state index in [0.717, 1.165) is 34.8 Å². The van der Waals surface area contributed by atoms with Gasteiger partial charge in [-0.15, -0.1) is 0 Å². The molecular weight excluding hydrogens is 753 g/mol. The molecule has 11 rings (SSSR count). The highest BCUT2D eigenvalue weighted by molar-refractivity contribution is 6.11. The van der Waals surface area contributed by atoms with Crippen molar-refractivity contribution >= 4 is 55.0 Å². The normalized spacial score (nSPS) is 16.4. The Morgan fingerprint density at radius 3 is 1.50 bits per heavy atom. The lowest BCUT2D eigenvalue weighted by Gasteiger charge is -2.39. The quantitative estimate of drug-likeness (QED) is 0.174. The van der Waals surface area contributed by atoms with E-state index in [9.17, 15) is 0 Å². The predicted octanol–water partition coefficient (Wildman–Crippen LogP) is 14.2. The van der Waals surface area contributed by atoms with Crippen LogP contribution in [0.25, 0.3) is 60.6 Å². The molecular formula is C58H54N4. The van der Waals surface area contributed by atoms with E-state index in [-0.39, 0.29) is 16.7 Å². The SMILES string of the molecule is CC1CC(c2ccccc2)=NC2=C1C(c1ccc3c(c1)c1cc(C(C)(C)C)ccc1n3C)(c1ccc3c(c1)c1cc(C(C)(C)C)ccc1n3C)c1ccc(-c3ccccc3)nc12. The molecule has 306 valence electrons. The van der Waals surface area contributed by atoms with E-state index < -0.39 is 5.41 Å². The van der Waals surface area contributed by atoms with Crippen LogP contribution in [0.1, 0.15) is 94.0 Å². The largest absolute Gasteiger partial charge is 0.344 e. The lowest BCUT2D eigenvalue weighted by atomic mass is 9.63. The first-order valence-electron chi connectivity index (χ1n) is 22.2. The van der Waals surface area contributed by atoms with Crippen LogP contribution in [0.4, 0.5) is 0 Å². The van der Waals surface area contributed by atoms with Crippen molar-refractivity contribution in [2.45, 2.75) is 71.1 Å². The van der Waals surface area contributed by atoms with Crippen molar-refractivity contribution in [1.82, 2.24) is 14.1 Å². The zero-order valence-electron chi connectivity index (χ0n) is 37.4. The summed E-state index contributed by atoms with van der Waals surface area (Å²) in [4.78, 5) is 11.4. The third-order valence-corrected chi connectivity index (χ3v) is 14.2. The Kier molecular flexibility index (Phi) is 8.36. The van der Waals surface area contributed by atoms with Gasteiger partial charge in [0.05, 0.1) is 22.5 Å². The smallest absolute Gasteiger partial charge is 0.0941 e. The number of allylic oxidation sites excluding steroid dienone is 1. The summed E-state index contributed by atoms with van der Waals surface area (Å²) in [6.45, 7) is 16.3. The van der Waals surface area contributed by atoms with Crippen molar-refractivity contribution in [3.63, 3.8) is 0 Å². The molecule has 1 aliphatic heterocycles. The van der Waals surface area contributed by atoms with Gasteiger partial charge >= 0.3 is 0 Å². The maximum Gasteiger partial charge on any atom is 0.0941 e. The van der Waals surface area contributed by atoms with E-state index in [1.54, 1.807) is 0 Å². The van der Waals surface area contributed by atoms with Crippen molar-refractivity contribution in [3.8, 4) is 11.3 Å². The highest BCUT2D eigenvalue weighted by Crippen LogP contribution is 2.59. The summed E-state index contributed by atoms with van der Waals surface area (Å²) in [6, 6.07) is 54.7. The van der Waals surface area contributed by atoms with Crippen molar-refractivity contribution in [1.29, 1.82) is 0 Å². The molecule has 9 aromatic rings. The summed E-state index contributed by atoms with van der Waals surface area (Å²) in [6.07, 6.45) is 0.834. The second-order valence-electron chi connectivity index (χ2n) is 20.0. The fourth-order valence-corrected chi connectivity index (χ4v) is 10.9. The molecule has 0 amide bonds. The second kappa shape index (κ2) is 13.5. The minimum atomic E-state index is -0.673. The number of hydrogen-bond acceptors (Lipinski definition) is 2. The van der Waals surface area contributed by atoms with Gasteiger partial charge in [0.25, 0.3) is 0 Å². The van der Waals surface area contributed by atoms with Crippen LogP contribution in [0.15, 0.2) is 156 Å². The number of pyridine rings is 1. The Labute approximate surface area is 365 Å². The van der Waals surface area contributed by atoms with Crippen molar-refractivity contribution in [2.24, 2.45) is 25.0 Å². The maximum atomic E-state index is 5.72. The molecule has 0 saturated carbocycles. The van der Waals surface area contributed by atoms with Gasteiger partial charge in [0.1, 0.15) is 0 Å². The molecule has 1 aliphatic carbocycles. The van der Waals surface area contributed by atoms with Gasteiger partial charge in [-0.05, 0) is 117 Å². The molecule has 0 spiro atoms. The molecule has 0 N–H and O–H groups in total. The zero-order valence-corrected chi connectivity index (χ0v) is 37.4. The number of hydrogen-bond donors (Lipinski definition) is 0. The van der Waals surface area contributed by atoms with E-state index in [1.165, 1.54) is 82.6 Å². The second-order valence-corrected chi connectivity index (χ2v) is 20.0. The minimum absolute atomic E-state index is 0.0220. The third kappa shape index (κ3) is 5.58. The summed E-state index contributed by atoms with van der Waals surface area (Å²) in [5.74, 6) is 0.165. The molecule has 1 unspecified atom stereocenters. The van der Waals surface area contributed by atoms with Crippen LogP contribution in [0.3, 0.4) is 0 Å². The predicted molar refractivity (Wildman–Crippen MR) is 261 cm³/mol. The van der Waals surface area contributed by atoms with E-state index in [0.29, 0.717) is 0 Å². The van der Waals surface area contributed by atoms with E-state index in [1.807, 2.05) is 0 Å². The molecule has 0 saturated heterocycles. The summed E-state index contributed by atoms with van der Waals surface area (Å²) in [5.41, 5.74) is 18.4. The zero-order chi connectivity index (χ0) is 42.9. The van der Waals surface area contributed by atoms with Gasteiger partial charge in [0.15, 0.2) is 0 Å². The highest BCUT2D eigenvalue weighted by atomic mass is 14.9. The fraction of sp³-hybridized carbons (Fsp3) is 0.241. The summed E-state index contributed by atoms with van der Waals surface area (Å²) in [5, 5.41) is 5.12. The van der Waals surface area contributed by atoms with Gasteiger partial charge in [-0.3, -0.25) is 4.99 Å². The van der Waals surface area contributed by atoms with Gasteiger partial charge in [0, 0.05) is 69.0 Å². The lowest BCUT2D eigenvalue weighted by molar-refractivity contribution is 0.591. The molecule has 1 atom stereocenters. The first kappa shape index (κ1) is 38.4. The Morgan fingerprint density at radius 2 is 1.00 bits per heavy atom. The van der Waals surface area contributed by atoms with Crippen LogP contribution >= 0.6 is 0 Å². The highest BCUT2D eigenvalue weighted by Gasteiger charge is 2.52. The van der Waals surface area contributed by atoms with Crippen LogP contribution in [-0.4, -0.2) is 19.8 Å². The number of nitrogens with zero attached hydrogens (tertiary/aromatic N) is 4. The van der Waals surface area contributed by atoms with Crippen LogP contribution in [0, 0.1) is 5.92 Å². The lowest BCUT2D eigenvalue weighted by Crippen LogP contribution is -2.34. The van der Waals surface area contributed by atoms with Gasteiger partial charge in [-0.2, -0.15) is 0 Å². The van der Waals surface area contributed by atoms with Crippen LogP contribution in [0.2, 0.25) is 0 Å². The van der Waals surface area contributed by atoms with Gasteiger partial charge in [-0.1, -0.05) is 139 Å². The molecule has 0 fully saturated rings. The summed E-state index contributed by atoms with van der Waals surface area (Å²) < 4.78 is 4.73. The van der Waals surface area contributed by atoms with Crippen molar-refractivity contribution < 1.29 is 0 Å². The van der Waals surface area contributed by atoms with Crippen LogP contribution < -0.4 is 0 Å². The molecule has 4 heteroatoms. The first-order valence-corrected chi connectivity index (χ1v) is 22.2. The monoisotopic (exact) mass is 806 g/mol. The summed E-state index contributed by atoms with van der Waals surface area (Å²) >= 11 is 0. The summed E-state index contributed by atoms with van der Waals surface area (Å²) in [7, 11) is 4.42. The van der Waals surface area contributed by atoms with Crippen LogP contribution in [0.5, 0.6) is 0 Å². The number of fused-ring (bicyclic) bond motifs is 8. The van der Waals surface area contributed by atoms with Gasteiger partial charge in [0.2, 0.25) is 0 Å². The molecule has 3 aromatic heterocycles. The van der Waals surface area contributed by atoms with E-state index >= 15 is 0 Å².